The van der Waals surface area contributed by atoms with Crippen LogP contribution in [0.1, 0.15) is 28.3 Å². The zero-order valence-corrected chi connectivity index (χ0v) is 20.3. The number of methoxy groups -OCH3 is 3. The van der Waals surface area contributed by atoms with Crippen molar-refractivity contribution in [1.29, 1.82) is 0 Å². The molecule has 7 heteroatoms. The first kappa shape index (κ1) is 24.5. The van der Waals surface area contributed by atoms with Gasteiger partial charge in [0.15, 0.2) is 11.5 Å². The predicted octanol–water partition coefficient (Wildman–Crippen LogP) is 4.31. The van der Waals surface area contributed by atoms with Gasteiger partial charge in [-0.2, -0.15) is 0 Å². The van der Waals surface area contributed by atoms with Gasteiger partial charge in [-0.1, -0.05) is 30.3 Å². The number of nitrogens with zero attached hydrogens (tertiary/aromatic N) is 1. The molecular formula is C28H31FN2O4. The highest BCUT2D eigenvalue weighted by Crippen LogP contribution is 2.39. The quantitative estimate of drug-likeness (QED) is 0.497. The minimum Gasteiger partial charge on any atom is -0.497 e. The molecule has 1 amide bonds. The van der Waals surface area contributed by atoms with E-state index in [2.05, 4.69) is 10.2 Å². The number of carbonyl (C=O) groups is 1. The summed E-state index contributed by atoms with van der Waals surface area (Å²) in [6.07, 6.45) is 1.50. The van der Waals surface area contributed by atoms with Crippen LogP contribution in [0.4, 0.5) is 4.39 Å². The number of nitrogens with one attached hydrogen (secondary N) is 1. The third-order valence-corrected chi connectivity index (χ3v) is 6.48. The van der Waals surface area contributed by atoms with Gasteiger partial charge in [-0.3, -0.25) is 9.69 Å². The Morgan fingerprint density at radius 1 is 1.00 bits per heavy atom. The standard InChI is InChI=1S/C28H31FN2O4/c1-33-22-10-8-19(9-11-22)14-25-23-16-27(35-3)26(34-2)15-20(23)12-13-31(25)18-28(32)30-17-21-6-4-5-7-24(21)29/h4-11,15-16,25H,12-14,17-18H2,1-3H3,(H,30,32). The van der Waals surface area contributed by atoms with E-state index in [4.69, 9.17) is 14.2 Å². The Kier molecular flexibility index (Phi) is 7.87. The molecule has 1 heterocycles. The molecule has 1 unspecified atom stereocenters. The maximum atomic E-state index is 14.0. The van der Waals surface area contributed by atoms with Gasteiger partial charge in [0, 0.05) is 24.7 Å². The summed E-state index contributed by atoms with van der Waals surface area (Å²) in [7, 11) is 4.90. The smallest absolute Gasteiger partial charge is 0.234 e. The second kappa shape index (κ2) is 11.2. The Morgan fingerprint density at radius 3 is 2.40 bits per heavy atom. The average molecular weight is 479 g/mol. The Balaban J connectivity index is 1.57. The summed E-state index contributed by atoms with van der Waals surface area (Å²) in [6.45, 7) is 1.09. The van der Waals surface area contributed by atoms with Gasteiger partial charge in [0.25, 0.3) is 0 Å². The molecule has 1 N–H and O–H groups in total. The zero-order chi connectivity index (χ0) is 24.8. The first-order valence-electron chi connectivity index (χ1n) is 11.6. The predicted molar refractivity (Wildman–Crippen MR) is 133 cm³/mol. The van der Waals surface area contributed by atoms with Gasteiger partial charge in [-0.25, -0.2) is 4.39 Å². The third kappa shape index (κ3) is 5.74. The maximum absolute atomic E-state index is 14.0. The lowest BCUT2D eigenvalue weighted by Crippen LogP contribution is -2.43. The lowest BCUT2D eigenvalue weighted by atomic mass is 9.88. The number of carbonyl (C=O) groups excluding carboxylic acids is 1. The number of hydrogen-bond donors (Lipinski definition) is 1. The second-order valence-electron chi connectivity index (χ2n) is 8.56. The highest BCUT2D eigenvalue weighted by atomic mass is 19.1. The summed E-state index contributed by atoms with van der Waals surface area (Å²) >= 11 is 0. The van der Waals surface area contributed by atoms with Gasteiger partial charge in [0.2, 0.25) is 5.91 Å². The Morgan fingerprint density at radius 2 is 1.71 bits per heavy atom. The van der Waals surface area contributed by atoms with E-state index in [0.29, 0.717) is 23.5 Å². The molecule has 0 saturated heterocycles. The highest BCUT2D eigenvalue weighted by Gasteiger charge is 2.30. The average Bonchev–Trinajstić information content (AvgIpc) is 2.89. The van der Waals surface area contributed by atoms with Gasteiger partial charge in [0.1, 0.15) is 11.6 Å². The summed E-state index contributed by atoms with van der Waals surface area (Å²) in [5.74, 6) is 1.70. The lowest BCUT2D eigenvalue weighted by Gasteiger charge is -2.37. The molecule has 0 bridgehead atoms. The van der Waals surface area contributed by atoms with E-state index >= 15 is 0 Å². The summed E-state index contributed by atoms with van der Waals surface area (Å²) in [5, 5.41) is 2.87. The summed E-state index contributed by atoms with van der Waals surface area (Å²) in [5.41, 5.74) is 3.91. The van der Waals surface area contributed by atoms with E-state index in [1.165, 1.54) is 11.6 Å². The molecular weight excluding hydrogens is 447 g/mol. The molecule has 0 fully saturated rings. The Labute approximate surface area is 205 Å². The molecule has 35 heavy (non-hydrogen) atoms. The van der Waals surface area contributed by atoms with Crippen molar-refractivity contribution in [2.24, 2.45) is 0 Å². The summed E-state index contributed by atoms with van der Waals surface area (Å²) in [6, 6.07) is 18.5. The van der Waals surface area contributed by atoms with Crippen molar-refractivity contribution in [2.75, 3.05) is 34.4 Å². The largest absolute Gasteiger partial charge is 0.497 e. The molecule has 1 aliphatic rings. The van der Waals surface area contributed by atoms with E-state index < -0.39 is 0 Å². The van der Waals surface area contributed by atoms with Crippen LogP contribution in [0.3, 0.4) is 0 Å². The molecule has 1 atom stereocenters. The van der Waals surface area contributed by atoms with E-state index in [-0.39, 0.29) is 30.9 Å². The minimum absolute atomic E-state index is 0.0360. The molecule has 0 spiro atoms. The fraction of sp³-hybridized carbons (Fsp3) is 0.321. The highest BCUT2D eigenvalue weighted by molar-refractivity contribution is 5.78. The van der Waals surface area contributed by atoms with Crippen LogP contribution in [0.5, 0.6) is 17.2 Å². The van der Waals surface area contributed by atoms with Gasteiger partial charge in [-0.15, -0.1) is 0 Å². The SMILES string of the molecule is COc1ccc(CC2c3cc(OC)c(OC)cc3CCN2CC(=O)NCc2ccccc2F)cc1. The van der Waals surface area contributed by atoms with Crippen LogP contribution in [0.15, 0.2) is 60.7 Å². The molecule has 1 aliphatic heterocycles. The van der Waals surface area contributed by atoms with Crippen molar-refractivity contribution in [1.82, 2.24) is 10.2 Å². The third-order valence-electron chi connectivity index (χ3n) is 6.48. The first-order valence-corrected chi connectivity index (χ1v) is 11.6. The number of hydrogen-bond acceptors (Lipinski definition) is 5. The molecule has 0 radical (unpaired) electrons. The number of fused-ring (bicyclic) bond motifs is 1. The topological polar surface area (TPSA) is 60.0 Å². The van der Waals surface area contributed by atoms with Crippen molar-refractivity contribution in [3.63, 3.8) is 0 Å². The van der Waals surface area contributed by atoms with Crippen LogP contribution in [-0.4, -0.2) is 45.2 Å². The normalized spacial score (nSPS) is 15.3. The molecule has 4 rings (SSSR count). The maximum Gasteiger partial charge on any atom is 0.234 e. The Hall–Kier alpha value is -3.58. The van der Waals surface area contributed by atoms with E-state index in [1.807, 2.05) is 36.4 Å². The Bertz CT molecular complexity index is 1170. The van der Waals surface area contributed by atoms with Crippen molar-refractivity contribution in [3.05, 3.63) is 88.7 Å². The van der Waals surface area contributed by atoms with Crippen molar-refractivity contribution >= 4 is 5.91 Å². The number of amides is 1. The number of benzene rings is 3. The van der Waals surface area contributed by atoms with Gasteiger partial charge in [-0.05, 0) is 59.9 Å². The molecule has 0 saturated carbocycles. The molecule has 0 aromatic heterocycles. The molecule has 3 aromatic carbocycles. The molecule has 6 nitrogen and oxygen atoms in total. The molecule has 3 aromatic rings. The van der Waals surface area contributed by atoms with Crippen molar-refractivity contribution < 1.29 is 23.4 Å². The van der Waals surface area contributed by atoms with Crippen LogP contribution in [0, 0.1) is 5.82 Å². The van der Waals surface area contributed by atoms with E-state index in [9.17, 15) is 9.18 Å². The second-order valence-corrected chi connectivity index (χ2v) is 8.56. The minimum atomic E-state index is -0.321. The van der Waals surface area contributed by atoms with E-state index in [1.54, 1.807) is 39.5 Å². The van der Waals surface area contributed by atoms with Crippen LogP contribution in [-0.2, 0) is 24.2 Å². The van der Waals surface area contributed by atoms with Crippen LogP contribution in [0.2, 0.25) is 0 Å². The summed E-state index contributed by atoms with van der Waals surface area (Å²) < 4.78 is 30.3. The first-order chi connectivity index (χ1) is 17.0. The fourth-order valence-electron chi connectivity index (χ4n) is 4.57. The monoisotopic (exact) mass is 478 g/mol. The van der Waals surface area contributed by atoms with Crippen molar-refractivity contribution in [3.8, 4) is 17.2 Å². The van der Waals surface area contributed by atoms with Gasteiger partial charge >= 0.3 is 0 Å². The zero-order valence-electron chi connectivity index (χ0n) is 20.3. The fourth-order valence-corrected chi connectivity index (χ4v) is 4.57. The number of rotatable bonds is 9. The van der Waals surface area contributed by atoms with Crippen molar-refractivity contribution in [2.45, 2.75) is 25.4 Å². The lowest BCUT2D eigenvalue weighted by molar-refractivity contribution is -0.123. The summed E-state index contributed by atoms with van der Waals surface area (Å²) in [4.78, 5) is 15.1. The van der Waals surface area contributed by atoms with Crippen LogP contribution >= 0.6 is 0 Å². The van der Waals surface area contributed by atoms with Gasteiger partial charge < -0.3 is 19.5 Å². The number of halogens is 1. The van der Waals surface area contributed by atoms with Crippen LogP contribution < -0.4 is 19.5 Å². The molecule has 0 aliphatic carbocycles. The number of ether oxygens (including phenoxy) is 3. The molecule has 184 valence electrons. The van der Waals surface area contributed by atoms with E-state index in [0.717, 1.165) is 29.8 Å². The van der Waals surface area contributed by atoms with Gasteiger partial charge in [0.05, 0.1) is 27.9 Å². The van der Waals surface area contributed by atoms with Crippen LogP contribution in [0.25, 0.3) is 0 Å².